The van der Waals surface area contributed by atoms with Crippen LogP contribution in [0, 0.1) is 0 Å². The summed E-state index contributed by atoms with van der Waals surface area (Å²) in [5.41, 5.74) is 1.33. The van der Waals surface area contributed by atoms with Crippen molar-refractivity contribution >= 4 is 18.0 Å². The summed E-state index contributed by atoms with van der Waals surface area (Å²) < 4.78 is 10.1. The molecule has 1 aliphatic heterocycles. The van der Waals surface area contributed by atoms with E-state index in [1.54, 1.807) is 27.7 Å². The number of ether oxygens (including phenoxy) is 2. The van der Waals surface area contributed by atoms with Crippen molar-refractivity contribution in [3.63, 3.8) is 0 Å². The van der Waals surface area contributed by atoms with Crippen LogP contribution in [0.2, 0.25) is 0 Å². The highest BCUT2D eigenvalue weighted by Crippen LogP contribution is 2.24. The number of benzene rings is 1. The van der Waals surface area contributed by atoms with Crippen molar-refractivity contribution in [2.45, 2.75) is 58.3 Å². The molecular weight excluding hydrogens is 336 g/mol. The molecule has 0 saturated heterocycles. The Morgan fingerprint density at radius 2 is 1.81 bits per heavy atom. The first-order valence-corrected chi connectivity index (χ1v) is 8.57. The minimum absolute atomic E-state index is 0.287. The standard InChI is InChI=1S/C19H26N2O5/c1-12(20-18(24)26-19(2,3)4)16(22)21-11-14-9-7-6-8-13(14)10-15(21)17(23)25-5/h6-9,12,15H,10-11H2,1-5H3,(H,20,24)/t12-,15-/m0/s1. The van der Waals surface area contributed by atoms with Crippen LogP contribution in [0.1, 0.15) is 38.8 Å². The first kappa shape index (κ1) is 19.8. The number of carbonyl (C=O) groups excluding carboxylic acids is 3. The van der Waals surface area contributed by atoms with E-state index in [1.165, 1.54) is 12.0 Å². The summed E-state index contributed by atoms with van der Waals surface area (Å²) >= 11 is 0. The van der Waals surface area contributed by atoms with Crippen molar-refractivity contribution in [2.75, 3.05) is 7.11 Å². The zero-order valence-corrected chi connectivity index (χ0v) is 15.9. The molecule has 2 rings (SSSR count). The second-order valence-electron chi connectivity index (χ2n) is 7.35. The fraction of sp³-hybridized carbons (Fsp3) is 0.526. The van der Waals surface area contributed by atoms with Crippen molar-refractivity contribution < 1.29 is 23.9 Å². The molecule has 0 fully saturated rings. The number of nitrogens with one attached hydrogen (secondary N) is 1. The van der Waals surface area contributed by atoms with Crippen LogP contribution in [0.25, 0.3) is 0 Å². The molecule has 7 heteroatoms. The Morgan fingerprint density at radius 1 is 1.19 bits per heavy atom. The largest absolute Gasteiger partial charge is 0.467 e. The van der Waals surface area contributed by atoms with Gasteiger partial charge >= 0.3 is 12.1 Å². The highest BCUT2D eigenvalue weighted by molar-refractivity contribution is 5.90. The zero-order valence-electron chi connectivity index (χ0n) is 15.9. The molecule has 0 unspecified atom stereocenters. The summed E-state index contributed by atoms with van der Waals surface area (Å²) in [5, 5.41) is 2.53. The molecule has 0 saturated carbocycles. The number of methoxy groups -OCH3 is 1. The van der Waals surface area contributed by atoms with E-state index in [-0.39, 0.29) is 12.5 Å². The van der Waals surface area contributed by atoms with E-state index in [4.69, 9.17) is 9.47 Å². The van der Waals surface area contributed by atoms with Crippen molar-refractivity contribution in [1.82, 2.24) is 10.2 Å². The summed E-state index contributed by atoms with van der Waals surface area (Å²) in [5.74, 6) is -0.835. The Kier molecular flexibility index (Phi) is 5.90. The number of rotatable bonds is 3. The number of hydrogen-bond acceptors (Lipinski definition) is 5. The fourth-order valence-electron chi connectivity index (χ4n) is 2.90. The van der Waals surface area contributed by atoms with Gasteiger partial charge in [-0.2, -0.15) is 0 Å². The van der Waals surface area contributed by atoms with Gasteiger partial charge in [-0.15, -0.1) is 0 Å². The van der Waals surface area contributed by atoms with Gasteiger partial charge in [-0.3, -0.25) is 4.79 Å². The molecule has 1 heterocycles. The van der Waals surface area contributed by atoms with Crippen LogP contribution < -0.4 is 5.32 Å². The molecule has 0 aromatic heterocycles. The molecule has 0 spiro atoms. The number of esters is 1. The van der Waals surface area contributed by atoms with Gasteiger partial charge in [0.25, 0.3) is 0 Å². The predicted molar refractivity (Wildman–Crippen MR) is 95.3 cm³/mol. The Morgan fingerprint density at radius 3 is 2.38 bits per heavy atom. The van der Waals surface area contributed by atoms with Crippen LogP contribution in [-0.4, -0.2) is 47.7 Å². The van der Waals surface area contributed by atoms with E-state index in [0.717, 1.165) is 11.1 Å². The summed E-state index contributed by atoms with van der Waals surface area (Å²) in [7, 11) is 1.30. The van der Waals surface area contributed by atoms with Gasteiger partial charge in [0.05, 0.1) is 7.11 Å². The number of nitrogens with zero attached hydrogens (tertiary/aromatic N) is 1. The third-order valence-electron chi connectivity index (χ3n) is 4.11. The number of alkyl carbamates (subject to hydrolysis) is 1. The number of carbonyl (C=O) groups is 3. The molecule has 142 valence electrons. The van der Waals surface area contributed by atoms with Crippen LogP contribution in [0.3, 0.4) is 0 Å². The van der Waals surface area contributed by atoms with Gasteiger partial charge < -0.3 is 19.7 Å². The van der Waals surface area contributed by atoms with Crippen molar-refractivity contribution in [1.29, 1.82) is 0 Å². The Bertz CT molecular complexity index is 695. The first-order chi connectivity index (χ1) is 12.1. The molecule has 0 bridgehead atoms. The van der Waals surface area contributed by atoms with Crippen LogP contribution in [0.15, 0.2) is 24.3 Å². The second kappa shape index (κ2) is 7.76. The van der Waals surface area contributed by atoms with Gasteiger partial charge in [-0.25, -0.2) is 9.59 Å². The smallest absolute Gasteiger partial charge is 0.408 e. The lowest BCUT2D eigenvalue weighted by atomic mass is 9.93. The van der Waals surface area contributed by atoms with E-state index >= 15 is 0 Å². The summed E-state index contributed by atoms with van der Waals surface area (Å²) in [6.45, 7) is 7.09. The Hall–Kier alpha value is -2.57. The maximum absolute atomic E-state index is 12.9. The van der Waals surface area contributed by atoms with E-state index in [1.807, 2.05) is 24.3 Å². The SMILES string of the molecule is COC(=O)[C@@H]1Cc2ccccc2CN1C(=O)[C@H](C)NC(=O)OC(C)(C)C. The summed E-state index contributed by atoms with van der Waals surface area (Å²) in [4.78, 5) is 38.5. The lowest BCUT2D eigenvalue weighted by molar-refractivity contribution is -0.154. The average molecular weight is 362 g/mol. The maximum atomic E-state index is 12.9. The highest BCUT2D eigenvalue weighted by Gasteiger charge is 2.37. The fourth-order valence-corrected chi connectivity index (χ4v) is 2.90. The van der Waals surface area contributed by atoms with Crippen LogP contribution >= 0.6 is 0 Å². The number of hydrogen-bond donors (Lipinski definition) is 1. The molecule has 1 aromatic rings. The third kappa shape index (κ3) is 4.74. The molecule has 26 heavy (non-hydrogen) atoms. The molecule has 1 aromatic carbocycles. The average Bonchev–Trinajstić information content (AvgIpc) is 2.57. The second-order valence-corrected chi connectivity index (χ2v) is 7.35. The lowest BCUT2D eigenvalue weighted by Gasteiger charge is -2.36. The quantitative estimate of drug-likeness (QED) is 0.832. The third-order valence-corrected chi connectivity index (χ3v) is 4.11. The predicted octanol–water partition coefficient (Wildman–Crippen LogP) is 2.03. The minimum Gasteiger partial charge on any atom is -0.467 e. The molecule has 1 N–H and O–H groups in total. The first-order valence-electron chi connectivity index (χ1n) is 8.57. The number of fused-ring (bicyclic) bond motifs is 1. The maximum Gasteiger partial charge on any atom is 0.408 e. The summed E-state index contributed by atoms with van der Waals surface area (Å²) in [6.07, 6.45) is -0.293. The molecule has 2 atom stereocenters. The molecule has 0 radical (unpaired) electrons. The van der Waals surface area contributed by atoms with E-state index in [0.29, 0.717) is 6.42 Å². The van der Waals surface area contributed by atoms with Crippen LogP contribution in [0.5, 0.6) is 0 Å². The van der Waals surface area contributed by atoms with E-state index in [9.17, 15) is 14.4 Å². The van der Waals surface area contributed by atoms with Gasteiger partial charge in [0.1, 0.15) is 17.7 Å². The molecule has 7 nitrogen and oxygen atoms in total. The number of amides is 2. The zero-order chi connectivity index (χ0) is 19.5. The van der Waals surface area contributed by atoms with Crippen molar-refractivity contribution in [3.8, 4) is 0 Å². The van der Waals surface area contributed by atoms with Crippen LogP contribution in [-0.2, 0) is 32.0 Å². The monoisotopic (exact) mass is 362 g/mol. The molecule has 1 aliphatic rings. The molecule has 2 amide bonds. The summed E-state index contributed by atoms with van der Waals surface area (Å²) in [6, 6.07) is 6.11. The van der Waals surface area contributed by atoms with E-state index < -0.39 is 29.7 Å². The van der Waals surface area contributed by atoms with Gasteiger partial charge in [-0.1, -0.05) is 24.3 Å². The van der Waals surface area contributed by atoms with Gasteiger partial charge in [0.2, 0.25) is 5.91 Å². The van der Waals surface area contributed by atoms with Gasteiger partial charge in [0, 0.05) is 13.0 Å². The Balaban J connectivity index is 2.16. The van der Waals surface area contributed by atoms with Crippen molar-refractivity contribution in [3.05, 3.63) is 35.4 Å². The normalized spacial score (nSPS) is 17.7. The molecular formula is C19H26N2O5. The topological polar surface area (TPSA) is 84.9 Å². The Labute approximate surface area is 153 Å². The van der Waals surface area contributed by atoms with Gasteiger partial charge in [-0.05, 0) is 38.8 Å². The van der Waals surface area contributed by atoms with Gasteiger partial charge in [0.15, 0.2) is 0 Å². The highest BCUT2D eigenvalue weighted by atomic mass is 16.6. The minimum atomic E-state index is -0.831. The van der Waals surface area contributed by atoms with Crippen LogP contribution in [0.4, 0.5) is 4.79 Å². The van der Waals surface area contributed by atoms with Crippen molar-refractivity contribution in [2.24, 2.45) is 0 Å². The lowest BCUT2D eigenvalue weighted by Crippen LogP contribution is -2.55. The molecule has 0 aliphatic carbocycles. The van der Waals surface area contributed by atoms with E-state index in [2.05, 4.69) is 5.32 Å².